The molecule has 3 atom stereocenters. The standard InChI is InChI=1S/C30H37FN4O2S/c1-21-7-9-22(10-8-21)19-28-30(37)33-25-20-23(11-12-27(25)38-28)29(36)32-13-4-14-34-15-17-35(18-16-34)26-6-3-2-5-24(26)31/h2-3,5-10,19,23,25,27H,4,11-18,20H2,1H3,(H,32,36)(H,33,37)/b28-19+. The number of nitrogens with zero attached hydrogens (tertiary/aromatic N) is 2. The summed E-state index contributed by atoms with van der Waals surface area (Å²) in [6.45, 7) is 7.03. The SMILES string of the molecule is Cc1ccc(/C=C2/SC3CCC(C(=O)NCCCN4CCN(c5ccccc5F)CC4)CC3NC2=O)cc1. The second-order valence-corrected chi connectivity index (χ2v) is 11.9. The van der Waals surface area contributed by atoms with E-state index in [2.05, 4.69) is 39.5 Å². The average Bonchev–Trinajstić information content (AvgIpc) is 2.93. The van der Waals surface area contributed by atoms with Crippen molar-refractivity contribution in [2.75, 3.05) is 44.2 Å². The fourth-order valence-corrected chi connectivity index (χ4v) is 6.92. The minimum absolute atomic E-state index is 0.0343. The predicted molar refractivity (Wildman–Crippen MR) is 152 cm³/mol. The highest BCUT2D eigenvalue weighted by Crippen LogP contribution is 2.40. The minimum Gasteiger partial charge on any atom is -0.367 e. The van der Waals surface area contributed by atoms with Gasteiger partial charge in [-0.05, 0) is 62.9 Å². The topological polar surface area (TPSA) is 64.7 Å². The van der Waals surface area contributed by atoms with Gasteiger partial charge in [0.15, 0.2) is 0 Å². The smallest absolute Gasteiger partial charge is 0.257 e. The lowest BCUT2D eigenvalue weighted by molar-refractivity contribution is -0.127. The normalized spacial score (nSPS) is 25.1. The molecule has 2 saturated heterocycles. The van der Waals surface area contributed by atoms with Crippen LogP contribution in [-0.4, -0.2) is 67.3 Å². The van der Waals surface area contributed by atoms with Crippen molar-refractivity contribution in [3.8, 4) is 0 Å². The predicted octanol–water partition coefficient (Wildman–Crippen LogP) is 4.20. The Balaban J connectivity index is 1.02. The summed E-state index contributed by atoms with van der Waals surface area (Å²) in [5.74, 6) is -0.145. The monoisotopic (exact) mass is 536 g/mol. The first kappa shape index (κ1) is 26.8. The summed E-state index contributed by atoms with van der Waals surface area (Å²) in [4.78, 5) is 30.9. The minimum atomic E-state index is -0.164. The summed E-state index contributed by atoms with van der Waals surface area (Å²) in [6.07, 6.45) is 5.33. The molecule has 5 rings (SSSR count). The van der Waals surface area contributed by atoms with Crippen LogP contribution in [0.5, 0.6) is 0 Å². The van der Waals surface area contributed by atoms with Crippen LogP contribution in [0.3, 0.4) is 0 Å². The van der Waals surface area contributed by atoms with Crippen LogP contribution in [0.2, 0.25) is 0 Å². The van der Waals surface area contributed by atoms with E-state index in [0.717, 1.165) is 62.5 Å². The molecule has 2 aliphatic heterocycles. The van der Waals surface area contributed by atoms with Crippen molar-refractivity contribution in [2.45, 2.75) is 43.9 Å². The number of nitrogens with one attached hydrogen (secondary N) is 2. The first-order valence-electron chi connectivity index (χ1n) is 13.7. The third-order valence-corrected chi connectivity index (χ3v) is 9.29. The second-order valence-electron chi connectivity index (χ2n) is 10.6. The zero-order valence-corrected chi connectivity index (χ0v) is 22.8. The van der Waals surface area contributed by atoms with E-state index in [4.69, 9.17) is 0 Å². The molecule has 8 heteroatoms. The maximum atomic E-state index is 14.0. The number of thioether (sulfide) groups is 1. The van der Waals surface area contributed by atoms with Crippen molar-refractivity contribution >= 4 is 35.3 Å². The second kappa shape index (κ2) is 12.3. The van der Waals surface area contributed by atoms with Gasteiger partial charge in [-0.2, -0.15) is 0 Å². The van der Waals surface area contributed by atoms with Crippen LogP contribution in [0.1, 0.15) is 36.8 Å². The molecule has 1 aliphatic carbocycles. The van der Waals surface area contributed by atoms with E-state index < -0.39 is 0 Å². The van der Waals surface area contributed by atoms with E-state index >= 15 is 0 Å². The number of amides is 2. The highest BCUT2D eigenvalue weighted by molar-refractivity contribution is 8.04. The Morgan fingerprint density at radius 3 is 2.63 bits per heavy atom. The van der Waals surface area contributed by atoms with Crippen LogP contribution in [-0.2, 0) is 9.59 Å². The molecule has 3 fully saturated rings. The van der Waals surface area contributed by atoms with Gasteiger partial charge in [0.1, 0.15) is 5.82 Å². The number of piperazine rings is 1. The summed E-state index contributed by atoms with van der Waals surface area (Å²) in [5, 5.41) is 6.62. The van der Waals surface area contributed by atoms with Gasteiger partial charge in [0.2, 0.25) is 5.91 Å². The van der Waals surface area contributed by atoms with Crippen molar-refractivity contribution in [1.29, 1.82) is 0 Å². The van der Waals surface area contributed by atoms with E-state index in [1.807, 2.05) is 30.3 Å². The molecule has 6 nitrogen and oxygen atoms in total. The molecule has 2 N–H and O–H groups in total. The largest absolute Gasteiger partial charge is 0.367 e. The Morgan fingerprint density at radius 2 is 1.87 bits per heavy atom. The first-order chi connectivity index (χ1) is 18.5. The third kappa shape index (κ3) is 6.59. The molecule has 202 valence electrons. The van der Waals surface area contributed by atoms with Gasteiger partial charge in [0, 0.05) is 49.9 Å². The van der Waals surface area contributed by atoms with Crippen LogP contribution in [0.25, 0.3) is 6.08 Å². The molecule has 1 saturated carbocycles. The molecular weight excluding hydrogens is 499 g/mol. The van der Waals surface area contributed by atoms with E-state index in [1.54, 1.807) is 17.8 Å². The van der Waals surface area contributed by atoms with Crippen LogP contribution in [0.4, 0.5) is 10.1 Å². The number of hydrogen-bond donors (Lipinski definition) is 2. The number of anilines is 1. The summed E-state index contributed by atoms with van der Waals surface area (Å²) in [5.41, 5.74) is 2.91. The van der Waals surface area contributed by atoms with Gasteiger partial charge in [-0.25, -0.2) is 4.39 Å². The molecule has 3 unspecified atom stereocenters. The van der Waals surface area contributed by atoms with Gasteiger partial charge in [0.05, 0.1) is 10.6 Å². The molecule has 2 heterocycles. The number of hydrogen-bond acceptors (Lipinski definition) is 5. The van der Waals surface area contributed by atoms with E-state index in [-0.39, 0.29) is 29.6 Å². The number of carbonyl (C=O) groups excluding carboxylic acids is 2. The number of benzene rings is 2. The molecule has 3 aliphatic rings. The van der Waals surface area contributed by atoms with Crippen LogP contribution in [0, 0.1) is 18.7 Å². The molecule has 2 aromatic rings. The maximum absolute atomic E-state index is 14.0. The van der Waals surface area contributed by atoms with Crippen molar-refractivity contribution in [2.24, 2.45) is 5.92 Å². The quantitative estimate of drug-likeness (QED) is 0.410. The Bertz CT molecular complexity index is 1160. The zero-order chi connectivity index (χ0) is 26.5. The number of rotatable bonds is 7. The summed E-state index contributed by atoms with van der Waals surface area (Å²) in [6, 6.07) is 15.2. The molecule has 2 amide bonds. The lowest BCUT2D eigenvalue weighted by atomic mass is 9.84. The fourth-order valence-electron chi connectivity index (χ4n) is 5.62. The van der Waals surface area contributed by atoms with E-state index in [9.17, 15) is 14.0 Å². The Hall–Kier alpha value is -2.84. The van der Waals surface area contributed by atoms with Crippen LogP contribution in [0.15, 0.2) is 53.4 Å². The number of para-hydroxylation sites is 1. The molecule has 0 bridgehead atoms. The van der Waals surface area contributed by atoms with Gasteiger partial charge in [0.25, 0.3) is 5.91 Å². The fraction of sp³-hybridized carbons (Fsp3) is 0.467. The van der Waals surface area contributed by atoms with Gasteiger partial charge in [-0.1, -0.05) is 42.0 Å². The van der Waals surface area contributed by atoms with Gasteiger partial charge < -0.3 is 15.5 Å². The highest BCUT2D eigenvalue weighted by Gasteiger charge is 2.39. The lowest BCUT2D eigenvalue weighted by Gasteiger charge is -2.39. The molecule has 0 radical (unpaired) electrons. The maximum Gasteiger partial charge on any atom is 0.257 e. The number of aryl methyl sites for hydroxylation is 1. The number of halogens is 1. The molecule has 0 spiro atoms. The molecule has 38 heavy (non-hydrogen) atoms. The Morgan fingerprint density at radius 1 is 1.11 bits per heavy atom. The van der Waals surface area contributed by atoms with E-state index in [1.165, 1.54) is 11.6 Å². The van der Waals surface area contributed by atoms with Gasteiger partial charge in [-0.3, -0.25) is 14.5 Å². The van der Waals surface area contributed by atoms with Crippen molar-refractivity contribution in [3.63, 3.8) is 0 Å². The van der Waals surface area contributed by atoms with Gasteiger partial charge >= 0.3 is 0 Å². The third-order valence-electron chi connectivity index (χ3n) is 7.87. The summed E-state index contributed by atoms with van der Waals surface area (Å²) >= 11 is 1.66. The molecule has 2 aromatic carbocycles. The summed E-state index contributed by atoms with van der Waals surface area (Å²) < 4.78 is 14.0. The van der Waals surface area contributed by atoms with Crippen molar-refractivity contribution in [3.05, 3.63) is 70.4 Å². The highest BCUT2D eigenvalue weighted by atomic mass is 32.2. The van der Waals surface area contributed by atoms with Gasteiger partial charge in [-0.15, -0.1) is 11.8 Å². The summed E-state index contributed by atoms with van der Waals surface area (Å²) in [7, 11) is 0. The molecular formula is C30H37FN4O2S. The number of fused-ring (bicyclic) bond motifs is 1. The zero-order valence-electron chi connectivity index (χ0n) is 22.0. The van der Waals surface area contributed by atoms with Crippen molar-refractivity contribution < 1.29 is 14.0 Å². The molecule has 0 aromatic heterocycles. The Kier molecular flexibility index (Phi) is 8.69. The number of carbonyl (C=O) groups is 2. The van der Waals surface area contributed by atoms with Crippen LogP contribution >= 0.6 is 11.8 Å². The lowest BCUT2D eigenvalue weighted by Crippen LogP contribution is -2.51. The average molecular weight is 537 g/mol. The van der Waals surface area contributed by atoms with E-state index in [0.29, 0.717) is 23.9 Å². The Labute approximate surface area is 229 Å². The first-order valence-corrected chi connectivity index (χ1v) is 14.6. The van der Waals surface area contributed by atoms with Crippen molar-refractivity contribution in [1.82, 2.24) is 15.5 Å². The van der Waals surface area contributed by atoms with Crippen LogP contribution < -0.4 is 15.5 Å².